The van der Waals surface area contributed by atoms with Gasteiger partial charge in [-0.3, -0.25) is 9.78 Å². The number of alkyl halides is 3. The number of hydrogen-bond acceptors (Lipinski definition) is 6. The highest BCUT2D eigenvalue weighted by Crippen LogP contribution is 2.41. The highest BCUT2D eigenvalue weighted by Gasteiger charge is 2.42. The zero-order chi connectivity index (χ0) is 26.2. The van der Waals surface area contributed by atoms with Crippen LogP contribution in [0.25, 0.3) is 22.5 Å². The standard InChI is InChI=1S/C26H18ClF3N4O3/c1-2-36-17-10-11-20-18(13-17)21(22(35)25-33-32-24(37-25)19-5-3-4-12-31-19)23(26(28,29)30)34(20)14-15-6-8-16(27)9-7-15/h3-13H,2,14H2,1H3. The van der Waals surface area contributed by atoms with Crippen LogP contribution in [0.1, 0.15) is 34.4 Å². The Balaban J connectivity index is 1.71. The molecule has 5 rings (SSSR count). The molecule has 0 bridgehead atoms. The molecule has 0 N–H and O–H groups in total. The van der Waals surface area contributed by atoms with Gasteiger partial charge in [0.15, 0.2) is 0 Å². The molecule has 3 aromatic heterocycles. The summed E-state index contributed by atoms with van der Waals surface area (Å²) in [5.74, 6) is -1.41. The highest BCUT2D eigenvalue weighted by atomic mass is 35.5. The van der Waals surface area contributed by atoms with Gasteiger partial charge in [-0.15, -0.1) is 10.2 Å². The fourth-order valence-electron chi connectivity index (χ4n) is 4.07. The van der Waals surface area contributed by atoms with E-state index in [0.717, 1.165) is 4.57 Å². The summed E-state index contributed by atoms with van der Waals surface area (Å²) in [7, 11) is 0. The van der Waals surface area contributed by atoms with Crippen molar-refractivity contribution in [1.82, 2.24) is 19.7 Å². The van der Waals surface area contributed by atoms with Gasteiger partial charge in [-0.25, -0.2) is 0 Å². The van der Waals surface area contributed by atoms with E-state index < -0.39 is 29.1 Å². The fourth-order valence-corrected chi connectivity index (χ4v) is 4.19. The summed E-state index contributed by atoms with van der Waals surface area (Å²) in [6, 6.07) is 15.8. The number of nitrogens with zero attached hydrogens (tertiary/aromatic N) is 4. The van der Waals surface area contributed by atoms with Gasteiger partial charge in [0.05, 0.1) is 12.2 Å². The summed E-state index contributed by atoms with van der Waals surface area (Å²) in [6.45, 7) is 1.89. The third kappa shape index (κ3) is 4.79. The van der Waals surface area contributed by atoms with E-state index in [9.17, 15) is 18.0 Å². The predicted octanol–water partition coefficient (Wildman–Crippen LogP) is 6.44. The van der Waals surface area contributed by atoms with E-state index in [-0.39, 0.29) is 29.0 Å². The normalized spacial score (nSPS) is 11.7. The zero-order valence-corrected chi connectivity index (χ0v) is 20.0. The molecule has 0 aliphatic carbocycles. The maximum atomic E-state index is 14.6. The van der Waals surface area contributed by atoms with Crippen molar-refractivity contribution in [3.8, 4) is 17.3 Å². The molecule has 0 fully saturated rings. The van der Waals surface area contributed by atoms with Gasteiger partial charge < -0.3 is 13.7 Å². The summed E-state index contributed by atoms with van der Waals surface area (Å²) in [4.78, 5) is 17.6. The zero-order valence-electron chi connectivity index (χ0n) is 19.3. The molecule has 0 amide bonds. The molecule has 0 spiro atoms. The quantitative estimate of drug-likeness (QED) is 0.227. The van der Waals surface area contributed by atoms with Gasteiger partial charge in [0.1, 0.15) is 17.1 Å². The highest BCUT2D eigenvalue weighted by molar-refractivity contribution is 6.30. The molecule has 11 heteroatoms. The van der Waals surface area contributed by atoms with E-state index in [4.69, 9.17) is 20.8 Å². The van der Waals surface area contributed by atoms with E-state index in [1.165, 1.54) is 18.3 Å². The summed E-state index contributed by atoms with van der Waals surface area (Å²) in [5.41, 5.74) is -0.690. The first kappa shape index (κ1) is 24.5. The molecular formula is C26H18ClF3N4O3. The van der Waals surface area contributed by atoms with E-state index in [0.29, 0.717) is 22.9 Å². The Kier molecular flexibility index (Phi) is 6.43. The van der Waals surface area contributed by atoms with Gasteiger partial charge in [0.2, 0.25) is 0 Å². The number of pyridine rings is 1. The molecule has 0 radical (unpaired) electrons. The summed E-state index contributed by atoms with van der Waals surface area (Å²) in [6.07, 6.45) is -3.39. The maximum absolute atomic E-state index is 14.6. The van der Waals surface area contributed by atoms with Crippen molar-refractivity contribution < 1.29 is 27.1 Å². The summed E-state index contributed by atoms with van der Waals surface area (Å²) < 4.78 is 55.8. The molecule has 0 unspecified atom stereocenters. The number of carbonyl (C=O) groups is 1. The average Bonchev–Trinajstić information content (AvgIpc) is 3.49. The second-order valence-electron chi connectivity index (χ2n) is 8.00. The van der Waals surface area contributed by atoms with Crippen LogP contribution in [0.2, 0.25) is 5.02 Å². The van der Waals surface area contributed by atoms with E-state index >= 15 is 0 Å². The number of rotatable bonds is 7. The second kappa shape index (κ2) is 9.70. The molecule has 37 heavy (non-hydrogen) atoms. The van der Waals surface area contributed by atoms with Crippen LogP contribution in [0.15, 0.2) is 71.3 Å². The lowest BCUT2D eigenvalue weighted by molar-refractivity contribution is -0.143. The Hall–Kier alpha value is -4.18. The van der Waals surface area contributed by atoms with E-state index in [1.54, 1.807) is 55.5 Å². The van der Waals surface area contributed by atoms with Gasteiger partial charge in [-0.05, 0) is 55.0 Å². The van der Waals surface area contributed by atoms with Gasteiger partial charge >= 0.3 is 6.18 Å². The number of carbonyl (C=O) groups excluding carboxylic acids is 1. The Morgan fingerprint density at radius 2 is 1.86 bits per heavy atom. The van der Waals surface area contributed by atoms with Gasteiger partial charge in [-0.1, -0.05) is 29.8 Å². The topological polar surface area (TPSA) is 83.0 Å². The summed E-state index contributed by atoms with van der Waals surface area (Å²) in [5, 5.41) is 8.05. The minimum atomic E-state index is -4.88. The average molecular weight is 527 g/mol. The monoisotopic (exact) mass is 526 g/mol. The van der Waals surface area contributed by atoms with Crippen molar-refractivity contribution in [3.05, 3.63) is 94.6 Å². The number of ketones is 1. The van der Waals surface area contributed by atoms with Crippen molar-refractivity contribution >= 4 is 28.3 Å². The first-order valence-corrected chi connectivity index (χ1v) is 11.5. The number of ether oxygens (including phenoxy) is 1. The molecular weight excluding hydrogens is 509 g/mol. The van der Waals surface area contributed by atoms with Gasteiger partial charge in [0, 0.05) is 28.7 Å². The third-order valence-electron chi connectivity index (χ3n) is 5.60. The SMILES string of the molecule is CCOc1ccc2c(c1)c(C(=O)c1nnc(-c3ccccn3)o1)c(C(F)(F)F)n2Cc1ccc(Cl)cc1. The number of fused-ring (bicyclic) bond motifs is 1. The fraction of sp³-hybridized carbons (Fsp3) is 0.154. The van der Waals surface area contributed by atoms with Gasteiger partial charge in [-0.2, -0.15) is 13.2 Å². The molecule has 2 aromatic carbocycles. The molecule has 5 aromatic rings. The van der Waals surface area contributed by atoms with Crippen molar-refractivity contribution in [2.24, 2.45) is 0 Å². The first-order chi connectivity index (χ1) is 17.8. The molecule has 188 valence electrons. The Labute approximate surface area is 213 Å². The third-order valence-corrected chi connectivity index (χ3v) is 5.85. The van der Waals surface area contributed by atoms with Crippen LogP contribution >= 0.6 is 11.6 Å². The van der Waals surface area contributed by atoms with Crippen molar-refractivity contribution in [2.45, 2.75) is 19.6 Å². The van der Waals surface area contributed by atoms with Crippen LogP contribution in [-0.2, 0) is 12.7 Å². The molecule has 3 heterocycles. The van der Waals surface area contributed by atoms with E-state index in [1.807, 2.05) is 0 Å². The lowest BCUT2D eigenvalue weighted by Crippen LogP contribution is -2.19. The van der Waals surface area contributed by atoms with E-state index in [2.05, 4.69) is 15.2 Å². The minimum Gasteiger partial charge on any atom is -0.494 e. The maximum Gasteiger partial charge on any atom is 0.432 e. The van der Waals surface area contributed by atoms with Crippen LogP contribution in [0.5, 0.6) is 5.75 Å². The number of halogens is 4. The van der Waals surface area contributed by atoms with Crippen LogP contribution in [-0.4, -0.2) is 32.1 Å². The second-order valence-corrected chi connectivity index (χ2v) is 8.44. The van der Waals surface area contributed by atoms with Crippen molar-refractivity contribution in [3.63, 3.8) is 0 Å². The molecule has 0 saturated heterocycles. The van der Waals surface area contributed by atoms with Gasteiger partial charge in [0.25, 0.3) is 17.6 Å². The van der Waals surface area contributed by atoms with Crippen LogP contribution in [0, 0.1) is 0 Å². The smallest absolute Gasteiger partial charge is 0.432 e. The number of aromatic nitrogens is 4. The van der Waals surface area contributed by atoms with Crippen molar-refractivity contribution in [2.75, 3.05) is 6.61 Å². The van der Waals surface area contributed by atoms with Crippen LogP contribution in [0.4, 0.5) is 13.2 Å². The minimum absolute atomic E-state index is 0.0508. The Bertz CT molecular complexity index is 1580. The molecule has 0 saturated carbocycles. The Morgan fingerprint density at radius 3 is 2.54 bits per heavy atom. The molecule has 0 aliphatic rings. The summed E-state index contributed by atoms with van der Waals surface area (Å²) >= 11 is 5.95. The first-order valence-electron chi connectivity index (χ1n) is 11.2. The molecule has 0 aliphatic heterocycles. The lowest BCUT2D eigenvalue weighted by atomic mass is 10.1. The predicted molar refractivity (Wildman–Crippen MR) is 130 cm³/mol. The molecule has 7 nitrogen and oxygen atoms in total. The lowest BCUT2D eigenvalue weighted by Gasteiger charge is -2.14. The van der Waals surface area contributed by atoms with Crippen LogP contribution in [0.3, 0.4) is 0 Å². The number of hydrogen-bond donors (Lipinski definition) is 0. The van der Waals surface area contributed by atoms with Crippen LogP contribution < -0.4 is 4.74 Å². The molecule has 0 atom stereocenters. The Morgan fingerprint density at radius 1 is 1.08 bits per heavy atom. The largest absolute Gasteiger partial charge is 0.494 e. The van der Waals surface area contributed by atoms with Crippen molar-refractivity contribution in [1.29, 1.82) is 0 Å². The number of benzene rings is 2.